The molecule has 1 aliphatic heterocycles. The van der Waals surface area contributed by atoms with Crippen LogP contribution in [0.4, 0.5) is 0 Å². The highest BCUT2D eigenvalue weighted by molar-refractivity contribution is 6.00. The molecule has 2 heterocycles. The lowest BCUT2D eigenvalue weighted by Gasteiger charge is -2.35. The van der Waals surface area contributed by atoms with Crippen LogP contribution >= 0.6 is 0 Å². The summed E-state index contributed by atoms with van der Waals surface area (Å²) in [6.45, 7) is 8.28. The highest BCUT2D eigenvalue weighted by Gasteiger charge is 2.30. The van der Waals surface area contributed by atoms with Gasteiger partial charge in [0.1, 0.15) is 5.69 Å². The van der Waals surface area contributed by atoms with E-state index in [1.807, 2.05) is 13.8 Å². The fraction of sp³-hybridized carbons (Fsp3) is 0.571. The van der Waals surface area contributed by atoms with Crippen LogP contribution in [0.2, 0.25) is 0 Å². The molecule has 0 spiro atoms. The number of H-pyrrole nitrogens is 1. The smallest absolute Gasteiger partial charge is 0.352 e. The number of carbonyl (C=O) groups excluding carboxylic acids is 1. The highest BCUT2D eigenvalue weighted by atomic mass is 16.5. The summed E-state index contributed by atoms with van der Waals surface area (Å²) in [5.74, 6) is -1.18. The van der Waals surface area contributed by atoms with Crippen LogP contribution < -0.4 is 0 Å². The Bertz CT molecular complexity index is 540. The topological polar surface area (TPSA) is 82.6 Å². The monoisotopic (exact) mass is 280 g/mol. The lowest BCUT2D eigenvalue weighted by Crippen LogP contribution is -2.48. The van der Waals surface area contributed by atoms with Crippen molar-refractivity contribution in [2.45, 2.75) is 39.9 Å². The van der Waals surface area contributed by atoms with Gasteiger partial charge >= 0.3 is 5.97 Å². The molecule has 1 aromatic rings. The molecular weight excluding hydrogens is 260 g/mol. The first kappa shape index (κ1) is 14.6. The standard InChI is InChI=1S/C14H20N2O4/c1-7-5-16(6-8(2)20-7)13(17)11-9(3)12(14(18)19)15-10(11)4/h7-8,15H,5-6H2,1-4H3,(H,18,19). The number of rotatable bonds is 2. The molecule has 1 fully saturated rings. The molecule has 1 aliphatic rings. The first-order valence-electron chi connectivity index (χ1n) is 6.68. The highest BCUT2D eigenvalue weighted by Crippen LogP contribution is 2.22. The number of hydrogen-bond donors (Lipinski definition) is 2. The SMILES string of the molecule is Cc1[nH]c(C(=O)O)c(C)c1C(=O)N1CC(C)OC(C)C1. The van der Waals surface area contributed by atoms with Gasteiger partial charge in [0, 0.05) is 18.8 Å². The largest absolute Gasteiger partial charge is 0.477 e. The number of nitrogens with one attached hydrogen (secondary N) is 1. The van der Waals surface area contributed by atoms with Gasteiger partial charge < -0.3 is 19.7 Å². The number of ether oxygens (including phenoxy) is 1. The van der Waals surface area contributed by atoms with Crippen molar-refractivity contribution >= 4 is 11.9 Å². The van der Waals surface area contributed by atoms with Crippen molar-refractivity contribution in [1.82, 2.24) is 9.88 Å². The van der Waals surface area contributed by atoms with Gasteiger partial charge in [0.25, 0.3) is 5.91 Å². The molecule has 2 unspecified atom stereocenters. The first-order chi connectivity index (χ1) is 9.31. The maximum atomic E-state index is 12.6. The summed E-state index contributed by atoms with van der Waals surface area (Å²) in [7, 11) is 0. The number of carboxylic acids is 1. The quantitative estimate of drug-likeness (QED) is 0.861. The normalized spacial score (nSPS) is 22.9. The van der Waals surface area contributed by atoms with Crippen LogP contribution in [-0.4, -0.2) is 52.2 Å². The lowest BCUT2D eigenvalue weighted by atomic mass is 10.1. The molecule has 0 aliphatic carbocycles. The summed E-state index contributed by atoms with van der Waals surface area (Å²) >= 11 is 0. The van der Waals surface area contributed by atoms with Crippen LogP contribution in [0.15, 0.2) is 0 Å². The Morgan fingerprint density at radius 1 is 1.25 bits per heavy atom. The first-order valence-corrected chi connectivity index (χ1v) is 6.68. The van der Waals surface area contributed by atoms with E-state index in [9.17, 15) is 9.59 Å². The maximum absolute atomic E-state index is 12.6. The van der Waals surface area contributed by atoms with Gasteiger partial charge in [-0.15, -0.1) is 0 Å². The molecule has 1 amide bonds. The Balaban J connectivity index is 2.32. The van der Waals surface area contributed by atoms with Gasteiger partial charge in [-0.2, -0.15) is 0 Å². The zero-order valence-electron chi connectivity index (χ0n) is 12.2. The molecule has 2 atom stereocenters. The van der Waals surface area contributed by atoms with Gasteiger partial charge in [-0.1, -0.05) is 0 Å². The van der Waals surface area contributed by atoms with Crippen LogP contribution in [0.1, 0.15) is 46.0 Å². The summed E-state index contributed by atoms with van der Waals surface area (Å²) < 4.78 is 5.61. The summed E-state index contributed by atoms with van der Waals surface area (Å²) in [5.41, 5.74) is 1.63. The van der Waals surface area contributed by atoms with E-state index >= 15 is 0 Å². The summed E-state index contributed by atoms with van der Waals surface area (Å²) in [6, 6.07) is 0. The molecule has 2 N–H and O–H groups in total. The average molecular weight is 280 g/mol. The minimum atomic E-state index is -1.05. The number of hydrogen-bond acceptors (Lipinski definition) is 3. The van der Waals surface area contributed by atoms with Crippen LogP contribution in [0.25, 0.3) is 0 Å². The number of aromatic nitrogens is 1. The average Bonchev–Trinajstić information content (AvgIpc) is 2.63. The van der Waals surface area contributed by atoms with Crippen LogP contribution in [0.5, 0.6) is 0 Å². The summed E-state index contributed by atoms with van der Waals surface area (Å²) in [5, 5.41) is 9.10. The molecular formula is C14H20N2O4. The number of aromatic amines is 1. The van der Waals surface area contributed by atoms with E-state index in [-0.39, 0.29) is 23.8 Å². The van der Waals surface area contributed by atoms with Gasteiger partial charge in [0.2, 0.25) is 0 Å². The van der Waals surface area contributed by atoms with E-state index in [2.05, 4.69) is 4.98 Å². The zero-order valence-corrected chi connectivity index (χ0v) is 12.2. The third kappa shape index (κ3) is 2.56. The predicted octanol–water partition coefficient (Wildman–Crippen LogP) is 1.58. The van der Waals surface area contributed by atoms with E-state index in [1.54, 1.807) is 18.7 Å². The van der Waals surface area contributed by atoms with E-state index < -0.39 is 5.97 Å². The van der Waals surface area contributed by atoms with Crippen LogP contribution in [0.3, 0.4) is 0 Å². The second kappa shape index (κ2) is 5.28. The number of nitrogens with zero attached hydrogens (tertiary/aromatic N) is 1. The molecule has 2 rings (SSSR count). The van der Waals surface area contributed by atoms with E-state index in [0.29, 0.717) is 29.9 Å². The van der Waals surface area contributed by atoms with Crippen molar-refractivity contribution in [2.24, 2.45) is 0 Å². The Labute approximate surface area is 117 Å². The number of morpholine rings is 1. The third-order valence-electron chi connectivity index (χ3n) is 3.57. The maximum Gasteiger partial charge on any atom is 0.352 e. The molecule has 0 bridgehead atoms. The summed E-state index contributed by atoms with van der Waals surface area (Å²) in [4.78, 5) is 28.2. The third-order valence-corrected chi connectivity index (χ3v) is 3.57. The second-order valence-corrected chi connectivity index (χ2v) is 5.40. The number of aryl methyl sites for hydroxylation is 1. The Morgan fingerprint density at radius 2 is 1.80 bits per heavy atom. The van der Waals surface area contributed by atoms with Crippen molar-refractivity contribution in [2.75, 3.05) is 13.1 Å². The Morgan fingerprint density at radius 3 is 2.25 bits per heavy atom. The molecule has 1 saturated heterocycles. The Hall–Kier alpha value is -1.82. The minimum Gasteiger partial charge on any atom is -0.477 e. The van der Waals surface area contributed by atoms with Crippen molar-refractivity contribution in [1.29, 1.82) is 0 Å². The molecule has 1 aromatic heterocycles. The zero-order chi connectivity index (χ0) is 15.0. The second-order valence-electron chi connectivity index (χ2n) is 5.40. The minimum absolute atomic E-state index is 0.0128. The van der Waals surface area contributed by atoms with E-state index in [4.69, 9.17) is 9.84 Å². The number of aromatic carboxylic acids is 1. The molecule has 110 valence electrons. The van der Waals surface area contributed by atoms with Gasteiger partial charge in [-0.25, -0.2) is 4.79 Å². The van der Waals surface area contributed by atoms with E-state index in [0.717, 1.165) is 0 Å². The van der Waals surface area contributed by atoms with Crippen LogP contribution in [0, 0.1) is 13.8 Å². The predicted molar refractivity (Wildman–Crippen MR) is 73.1 cm³/mol. The molecule has 0 aromatic carbocycles. The summed E-state index contributed by atoms with van der Waals surface area (Å²) in [6.07, 6.45) is -0.0256. The van der Waals surface area contributed by atoms with Crippen LogP contribution in [-0.2, 0) is 4.74 Å². The van der Waals surface area contributed by atoms with E-state index in [1.165, 1.54) is 0 Å². The van der Waals surface area contributed by atoms with Crippen molar-refractivity contribution in [3.8, 4) is 0 Å². The Kier molecular flexibility index (Phi) is 3.85. The molecule has 0 saturated carbocycles. The number of carboxylic acid groups (broad SMARTS) is 1. The van der Waals surface area contributed by atoms with Crippen molar-refractivity contribution in [3.05, 3.63) is 22.5 Å². The van der Waals surface area contributed by atoms with Crippen molar-refractivity contribution in [3.63, 3.8) is 0 Å². The van der Waals surface area contributed by atoms with Gasteiger partial charge in [-0.3, -0.25) is 4.79 Å². The lowest BCUT2D eigenvalue weighted by molar-refractivity contribution is -0.0586. The van der Waals surface area contributed by atoms with Gasteiger partial charge in [0.05, 0.1) is 17.8 Å². The molecule has 6 nitrogen and oxygen atoms in total. The van der Waals surface area contributed by atoms with Gasteiger partial charge in [-0.05, 0) is 33.3 Å². The fourth-order valence-corrected chi connectivity index (χ4v) is 2.79. The fourth-order valence-electron chi connectivity index (χ4n) is 2.79. The molecule has 20 heavy (non-hydrogen) atoms. The number of carbonyl (C=O) groups is 2. The van der Waals surface area contributed by atoms with Crippen molar-refractivity contribution < 1.29 is 19.4 Å². The molecule has 0 radical (unpaired) electrons. The van der Waals surface area contributed by atoms with Gasteiger partial charge in [0.15, 0.2) is 0 Å². The molecule has 6 heteroatoms. The number of amides is 1.